The number of hydrogen-bond donors (Lipinski definition) is 2. The Hall–Kier alpha value is -0.700. The van der Waals surface area contributed by atoms with Crippen molar-refractivity contribution in [2.45, 2.75) is 20.3 Å². The van der Waals surface area contributed by atoms with Gasteiger partial charge in [-0.3, -0.25) is 9.35 Å². The monoisotopic (exact) mass is 256 g/mol. The fourth-order valence-corrected chi connectivity index (χ4v) is 1.05. The molecule has 0 amide bonds. The molecule has 0 rings (SSSR count). The van der Waals surface area contributed by atoms with Crippen molar-refractivity contribution in [3.05, 3.63) is 0 Å². The lowest BCUT2D eigenvalue weighted by Crippen LogP contribution is -2.33. The SMILES string of the molecule is CCC(C)(CO)C(=O)OCCOS(=O)(=O)O. The fourth-order valence-electron chi connectivity index (χ4n) is 0.769. The van der Waals surface area contributed by atoms with Crippen molar-refractivity contribution >= 4 is 16.4 Å². The Morgan fingerprint density at radius 1 is 1.38 bits per heavy atom. The predicted octanol–water partition coefficient (Wildman–Crippen LogP) is -0.242. The second kappa shape index (κ2) is 6.14. The van der Waals surface area contributed by atoms with E-state index >= 15 is 0 Å². The molecule has 0 saturated carbocycles. The van der Waals surface area contributed by atoms with Crippen LogP contribution in [0.3, 0.4) is 0 Å². The number of carbonyl (C=O) groups excluding carboxylic acids is 1. The lowest BCUT2D eigenvalue weighted by Gasteiger charge is -2.22. The van der Waals surface area contributed by atoms with Crippen molar-refractivity contribution in [3.63, 3.8) is 0 Å². The molecule has 0 aromatic heterocycles. The summed E-state index contributed by atoms with van der Waals surface area (Å²) in [6.45, 7) is 2.11. The quantitative estimate of drug-likeness (QED) is 0.367. The Balaban J connectivity index is 3.99. The van der Waals surface area contributed by atoms with Gasteiger partial charge in [0.25, 0.3) is 0 Å². The van der Waals surface area contributed by atoms with E-state index in [1.807, 2.05) is 0 Å². The van der Waals surface area contributed by atoms with Gasteiger partial charge in [-0.1, -0.05) is 6.92 Å². The lowest BCUT2D eigenvalue weighted by atomic mass is 9.89. The normalized spacial score (nSPS) is 15.5. The minimum absolute atomic E-state index is 0.311. The Kier molecular flexibility index (Phi) is 5.87. The summed E-state index contributed by atoms with van der Waals surface area (Å²) < 4.78 is 37.1. The molecule has 7 nitrogen and oxygen atoms in total. The summed E-state index contributed by atoms with van der Waals surface area (Å²) in [7, 11) is -4.51. The molecule has 0 saturated heterocycles. The maximum absolute atomic E-state index is 11.4. The van der Waals surface area contributed by atoms with E-state index in [1.54, 1.807) is 6.92 Å². The van der Waals surface area contributed by atoms with Crippen LogP contribution in [0, 0.1) is 5.41 Å². The maximum Gasteiger partial charge on any atom is 0.397 e. The van der Waals surface area contributed by atoms with Crippen LogP contribution in [-0.2, 0) is 24.1 Å². The van der Waals surface area contributed by atoms with E-state index < -0.39 is 28.4 Å². The molecule has 0 bridgehead atoms. The average molecular weight is 256 g/mol. The summed E-state index contributed by atoms with van der Waals surface area (Å²) in [6, 6.07) is 0. The van der Waals surface area contributed by atoms with Gasteiger partial charge in [0.15, 0.2) is 0 Å². The third-order valence-corrected chi connectivity index (χ3v) is 2.64. The van der Waals surface area contributed by atoms with Crippen molar-refractivity contribution in [2.24, 2.45) is 5.41 Å². The molecule has 1 atom stereocenters. The smallest absolute Gasteiger partial charge is 0.397 e. The average Bonchev–Trinajstić information content (AvgIpc) is 2.21. The molecule has 1 unspecified atom stereocenters. The molecule has 0 radical (unpaired) electrons. The first-order valence-corrected chi connectivity index (χ1v) is 6.01. The van der Waals surface area contributed by atoms with E-state index in [1.165, 1.54) is 6.92 Å². The summed E-state index contributed by atoms with van der Waals surface area (Å²) in [4.78, 5) is 11.4. The summed E-state index contributed by atoms with van der Waals surface area (Å²) in [5.41, 5.74) is -1.00. The molecule has 0 aliphatic heterocycles. The number of aliphatic hydroxyl groups excluding tert-OH is 1. The molecule has 8 heteroatoms. The van der Waals surface area contributed by atoms with E-state index in [-0.39, 0.29) is 13.2 Å². The molecule has 0 aromatic rings. The molecule has 2 N–H and O–H groups in total. The Morgan fingerprint density at radius 3 is 2.31 bits per heavy atom. The fraction of sp³-hybridized carbons (Fsp3) is 0.875. The second-order valence-electron chi connectivity index (χ2n) is 3.46. The standard InChI is InChI=1S/C8H16O7S/c1-3-8(2,6-9)7(10)14-4-5-15-16(11,12)13/h9H,3-6H2,1-2H3,(H,11,12,13). The number of esters is 1. The van der Waals surface area contributed by atoms with Crippen molar-refractivity contribution in [3.8, 4) is 0 Å². The minimum Gasteiger partial charge on any atom is -0.463 e. The van der Waals surface area contributed by atoms with E-state index in [2.05, 4.69) is 8.92 Å². The topological polar surface area (TPSA) is 110 Å². The van der Waals surface area contributed by atoms with Crippen LogP contribution in [-0.4, -0.2) is 43.9 Å². The number of aliphatic hydroxyl groups is 1. The Morgan fingerprint density at radius 2 is 1.94 bits per heavy atom. The van der Waals surface area contributed by atoms with Crippen LogP contribution in [0.25, 0.3) is 0 Å². The van der Waals surface area contributed by atoms with Crippen LogP contribution in [0.1, 0.15) is 20.3 Å². The number of carbonyl (C=O) groups is 1. The first kappa shape index (κ1) is 15.3. The number of hydrogen-bond acceptors (Lipinski definition) is 6. The van der Waals surface area contributed by atoms with Gasteiger partial charge >= 0.3 is 16.4 Å². The Bertz CT molecular complexity index is 317. The van der Waals surface area contributed by atoms with E-state index in [0.29, 0.717) is 6.42 Å². The molecular formula is C8H16O7S. The van der Waals surface area contributed by atoms with Gasteiger partial charge in [-0.15, -0.1) is 0 Å². The molecule has 0 heterocycles. The van der Waals surface area contributed by atoms with Crippen LogP contribution in [0.4, 0.5) is 0 Å². The van der Waals surface area contributed by atoms with Gasteiger partial charge < -0.3 is 9.84 Å². The number of ether oxygens (including phenoxy) is 1. The first-order valence-electron chi connectivity index (χ1n) is 4.65. The summed E-state index contributed by atoms with van der Waals surface area (Å²) in [5.74, 6) is -0.642. The summed E-state index contributed by atoms with van der Waals surface area (Å²) >= 11 is 0. The van der Waals surface area contributed by atoms with Crippen molar-refractivity contribution in [1.29, 1.82) is 0 Å². The maximum atomic E-state index is 11.4. The van der Waals surface area contributed by atoms with Crippen LogP contribution in [0.5, 0.6) is 0 Å². The largest absolute Gasteiger partial charge is 0.463 e. The number of rotatable bonds is 7. The predicted molar refractivity (Wildman–Crippen MR) is 53.9 cm³/mol. The third-order valence-electron chi connectivity index (χ3n) is 2.17. The van der Waals surface area contributed by atoms with Gasteiger partial charge in [0, 0.05) is 0 Å². The molecular weight excluding hydrogens is 240 g/mol. The summed E-state index contributed by atoms with van der Waals surface area (Å²) in [5, 5.41) is 8.97. The molecule has 16 heavy (non-hydrogen) atoms. The highest BCUT2D eigenvalue weighted by atomic mass is 32.3. The zero-order valence-electron chi connectivity index (χ0n) is 9.17. The van der Waals surface area contributed by atoms with Crippen LogP contribution in [0.15, 0.2) is 0 Å². The minimum atomic E-state index is -4.51. The Labute approximate surface area is 94.3 Å². The molecule has 0 aliphatic rings. The van der Waals surface area contributed by atoms with Crippen molar-refractivity contribution in [1.82, 2.24) is 0 Å². The van der Waals surface area contributed by atoms with Gasteiger partial charge in [-0.05, 0) is 13.3 Å². The summed E-state index contributed by atoms with van der Waals surface area (Å²) in [6.07, 6.45) is 0.390. The molecule has 0 spiro atoms. The van der Waals surface area contributed by atoms with Crippen LogP contribution < -0.4 is 0 Å². The van der Waals surface area contributed by atoms with Crippen molar-refractivity contribution < 1.29 is 31.8 Å². The van der Waals surface area contributed by atoms with Gasteiger partial charge in [0.1, 0.15) is 13.2 Å². The van der Waals surface area contributed by atoms with Gasteiger partial charge in [0.05, 0.1) is 12.0 Å². The zero-order valence-corrected chi connectivity index (χ0v) is 9.99. The molecule has 0 fully saturated rings. The second-order valence-corrected chi connectivity index (χ2v) is 4.55. The first-order chi connectivity index (χ1) is 7.25. The molecule has 0 aliphatic carbocycles. The molecule has 0 aromatic carbocycles. The zero-order chi connectivity index (χ0) is 12.8. The highest BCUT2D eigenvalue weighted by Crippen LogP contribution is 2.21. The van der Waals surface area contributed by atoms with E-state index in [9.17, 15) is 13.2 Å². The highest BCUT2D eigenvalue weighted by molar-refractivity contribution is 7.80. The molecule has 96 valence electrons. The van der Waals surface area contributed by atoms with Crippen molar-refractivity contribution in [2.75, 3.05) is 19.8 Å². The van der Waals surface area contributed by atoms with Gasteiger partial charge in [-0.25, -0.2) is 4.18 Å². The van der Waals surface area contributed by atoms with Crippen LogP contribution >= 0.6 is 0 Å². The lowest BCUT2D eigenvalue weighted by molar-refractivity contribution is -0.158. The van der Waals surface area contributed by atoms with Gasteiger partial charge in [0.2, 0.25) is 0 Å². The van der Waals surface area contributed by atoms with Gasteiger partial charge in [-0.2, -0.15) is 8.42 Å². The van der Waals surface area contributed by atoms with E-state index in [4.69, 9.17) is 9.66 Å². The van der Waals surface area contributed by atoms with E-state index in [0.717, 1.165) is 0 Å². The van der Waals surface area contributed by atoms with Crippen LogP contribution in [0.2, 0.25) is 0 Å². The highest BCUT2D eigenvalue weighted by Gasteiger charge is 2.32. The third kappa shape index (κ3) is 5.40.